The minimum Gasteiger partial charge on any atom is -0.459 e. The molecule has 1 aromatic rings. The van der Waals surface area contributed by atoms with E-state index in [9.17, 15) is 39.5 Å². The van der Waals surface area contributed by atoms with E-state index in [-0.39, 0.29) is 55.5 Å². The van der Waals surface area contributed by atoms with E-state index in [1.54, 1.807) is 60.6 Å². The van der Waals surface area contributed by atoms with Gasteiger partial charge in [0.25, 0.3) is 0 Å². The molecule has 17 heteroatoms. The molecule has 4 rings (SSSR count). The van der Waals surface area contributed by atoms with E-state index in [4.69, 9.17) is 28.4 Å². The summed E-state index contributed by atoms with van der Waals surface area (Å²) in [6, 6.07) is 4.72. The van der Waals surface area contributed by atoms with E-state index in [1.165, 1.54) is 26.2 Å². The second kappa shape index (κ2) is 23.3. The number of carbonyl (C=O) groups excluding carboxylic acids is 2. The molecule has 65 heavy (non-hydrogen) atoms. The lowest BCUT2D eigenvalue weighted by Gasteiger charge is -2.48. The Hall–Kier alpha value is -2.39. The molecular formula is C48H82FN3O13. The molecular weight excluding hydrogens is 846 g/mol. The Morgan fingerprint density at radius 2 is 1.62 bits per heavy atom. The second-order valence-corrected chi connectivity index (χ2v) is 20.2. The molecule has 16 nitrogen and oxygen atoms in total. The lowest BCUT2D eigenvalue weighted by molar-refractivity contribution is -0.318. The van der Waals surface area contributed by atoms with Crippen LogP contribution in [0.1, 0.15) is 107 Å². The summed E-state index contributed by atoms with van der Waals surface area (Å²) in [6.45, 7) is 18.4. The van der Waals surface area contributed by atoms with Crippen molar-refractivity contribution < 1.29 is 67.9 Å². The first kappa shape index (κ1) is 55.2. The fraction of sp³-hybridized carbons (Fsp3) is 0.833. The van der Waals surface area contributed by atoms with Crippen LogP contribution >= 0.6 is 0 Å². The highest BCUT2D eigenvalue weighted by atomic mass is 19.1. The Kier molecular flexibility index (Phi) is 19.8. The van der Waals surface area contributed by atoms with Crippen LogP contribution in [0.5, 0.6) is 0 Å². The van der Waals surface area contributed by atoms with Crippen molar-refractivity contribution in [1.82, 2.24) is 15.1 Å². The fourth-order valence-electron chi connectivity index (χ4n) is 10.3. The number of likely N-dealkylation sites (N-methyl/N-ethyl adjacent to an activating group) is 1. The molecule has 0 saturated carbocycles. The summed E-state index contributed by atoms with van der Waals surface area (Å²) in [5, 5.41) is 62.6. The van der Waals surface area contributed by atoms with Crippen molar-refractivity contribution >= 4 is 11.9 Å². The third kappa shape index (κ3) is 13.9. The molecule has 3 saturated heterocycles. The number of nitrogens with one attached hydrogen (secondary N) is 1. The highest BCUT2D eigenvalue weighted by Gasteiger charge is 2.53. The smallest absolute Gasteiger partial charge is 0.311 e. The first-order valence-electron chi connectivity index (χ1n) is 23.5. The predicted octanol–water partition coefficient (Wildman–Crippen LogP) is 3.16. The average molecular weight is 928 g/mol. The number of hydrogen-bond acceptors (Lipinski definition) is 15. The van der Waals surface area contributed by atoms with Crippen LogP contribution in [-0.4, -0.2) is 178 Å². The van der Waals surface area contributed by atoms with Crippen LogP contribution in [0.2, 0.25) is 0 Å². The third-order valence-electron chi connectivity index (χ3n) is 14.3. The summed E-state index contributed by atoms with van der Waals surface area (Å²) in [4.78, 5) is 31.2. The molecule has 374 valence electrons. The molecule has 3 aliphatic heterocycles. The van der Waals surface area contributed by atoms with Gasteiger partial charge in [0.15, 0.2) is 12.6 Å². The Morgan fingerprint density at radius 3 is 2.22 bits per heavy atom. The third-order valence-corrected chi connectivity index (χ3v) is 14.3. The summed E-state index contributed by atoms with van der Waals surface area (Å²) >= 11 is 0. The minimum absolute atomic E-state index is 0.0809. The first-order chi connectivity index (χ1) is 30.3. The van der Waals surface area contributed by atoms with Gasteiger partial charge < -0.3 is 64.2 Å². The van der Waals surface area contributed by atoms with Crippen molar-refractivity contribution in [2.45, 2.75) is 198 Å². The Morgan fingerprint density at radius 1 is 0.969 bits per heavy atom. The number of nitrogens with zero attached hydrogens (tertiary/aromatic N) is 2. The molecule has 0 aliphatic carbocycles. The fourth-order valence-corrected chi connectivity index (χ4v) is 10.3. The molecule has 0 radical (unpaired) electrons. The van der Waals surface area contributed by atoms with Gasteiger partial charge in [0.05, 0.1) is 48.0 Å². The van der Waals surface area contributed by atoms with Crippen LogP contribution in [0, 0.1) is 23.6 Å². The standard InChI is InChI=1S/C48H82FN3O13/c1-14-36-48(10,59)41(55)31(6)52(21-15-20-50-37(53)23-33-16-18-34(49)19-17-33)26-27(2)24-46(8,58)43(65-45-39(54)35(51(11)12)22-28(3)61-45)29(4)40(30(5)44(57)63-36)64-38-25-47(9,60-13)42(56)32(7)62-38/h16-19,27-32,35-36,38-43,45,54-56,58-59H,14-15,20-26H2,1-13H3,(H,50,53)/t27-,28+,29+,30-,31-,32+,35-,36?,38+,39+,40+,41-,42+,43-,45-,46-,47-,48-/m1/s1. The van der Waals surface area contributed by atoms with Gasteiger partial charge in [-0.25, -0.2) is 4.39 Å². The number of hydrogen-bond donors (Lipinski definition) is 6. The molecule has 3 heterocycles. The quantitative estimate of drug-likeness (QED) is 0.124. The van der Waals surface area contributed by atoms with Crippen LogP contribution in [-0.2, 0) is 44.4 Å². The number of halogens is 1. The molecule has 0 bridgehead atoms. The number of benzene rings is 1. The number of ether oxygens (including phenoxy) is 6. The highest BCUT2D eigenvalue weighted by Crippen LogP contribution is 2.40. The molecule has 1 aromatic carbocycles. The predicted molar refractivity (Wildman–Crippen MR) is 241 cm³/mol. The van der Waals surface area contributed by atoms with Crippen molar-refractivity contribution in [3.63, 3.8) is 0 Å². The van der Waals surface area contributed by atoms with Gasteiger partial charge in [0.1, 0.15) is 35.8 Å². The van der Waals surface area contributed by atoms with Crippen molar-refractivity contribution in [1.29, 1.82) is 0 Å². The number of aliphatic hydroxyl groups is 5. The van der Waals surface area contributed by atoms with E-state index in [1.807, 2.05) is 37.7 Å². The molecule has 1 amide bonds. The number of methoxy groups -OCH3 is 1. The summed E-state index contributed by atoms with van der Waals surface area (Å²) in [5.74, 6) is -3.54. The monoisotopic (exact) mass is 928 g/mol. The molecule has 3 aliphatic rings. The molecule has 0 aromatic heterocycles. The van der Waals surface area contributed by atoms with Gasteiger partial charge in [-0.2, -0.15) is 0 Å². The van der Waals surface area contributed by atoms with Gasteiger partial charge in [-0.15, -0.1) is 0 Å². The normalized spacial score (nSPS) is 41.9. The van der Waals surface area contributed by atoms with Gasteiger partial charge in [-0.3, -0.25) is 14.5 Å². The largest absolute Gasteiger partial charge is 0.459 e. The van der Waals surface area contributed by atoms with Crippen LogP contribution in [0.4, 0.5) is 4.39 Å². The van der Waals surface area contributed by atoms with Gasteiger partial charge in [0, 0.05) is 51.2 Å². The zero-order valence-electron chi connectivity index (χ0n) is 41.1. The Balaban J connectivity index is 1.74. The minimum atomic E-state index is -1.93. The summed E-state index contributed by atoms with van der Waals surface area (Å²) in [5.41, 5.74) is -3.99. The van der Waals surface area contributed by atoms with Crippen LogP contribution in [0.25, 0.3) is 0 Å². The summed E-state index contributed by atoms with van der Waals surface area (Å²) in [6.07, 6.45) is -8.61. The average Bonchev–Trinajstić information content (AvgIpc) is 3.23. The Bertz CT molecular complexity index is 1660. The van der Waals surface area contributed by atoms with Crippen LogP contribution < -0.4 is 5.32 Å². The van der Waals surface area contributed by atoms with Gasteiger partial charge in [-0.1, -0.05) is 32.9 Å². The number of rotatable bonds is 13. The maximum absolute atomic E-state index is 14.5. The molecule has 0 spiro atoms. The van der Waals surface area contributed by atoms with E-state index in [0.717, 1.165) is 0 Å². The van der Waals surface area contributed by atoms with E-state index >= 15 is 0 Å². The van der Waals surface area contributed by atoms with Crippen molar-refractivity contribution in [2.75, 3.05) is 40.8 Å². The van der Waals surface area contributed by atoms with Crippen molar-refractivity contribution in [2.24, 2.45) is 17.8 Å². The van der Waals surface area contributed by atoms with Crippen molar-refractivity contribution in [3.05, 3.63) is 35.6 Å². The maximum atomic E-state index is 14.5. The zero-order valence-corrected chi connectivity index (χ0v) is 41.1. The summed E-state index contributed by atoms with van der Waals surface area (Å²) in [7, 11) is 5.23. The van der Waals surface area contributed by atoms with E-state index in [0.29, 0.717) is 38.0 Å². The van der Waals surface area contributed by atoms with Gasteiger partial charge >= 0.3 is 5.97 Å². The molecule has 1 unspecified atom stereocenters. The number of esters is 1. The van der Waals surface area contributed by atoms with Crippen LogP contribution in [0.15, 0.2) is 24.3 Å². The lowest BCUT2D eigenvalue weighted by atomic mass is 9.77. The van der Waals surface area contributed by atoms with E-state index in [2.05, 4.69) is 5.32 Å². The zero-order chi connectivity index (χ0) is 48.8. The highest BCUT2D eigenvalue weighted by molar-refractivity contribution is 5.78. The van der Waals surface area contributed by atoms with Crippen LogP contribution in [0.3, 0.4) is 0 Å². The topological polar surface area (TPSA) is 209 Å². The van der Waals surface area contributed by atoms with E-state index < -0.39 is 96.0 Å². The molecule has 18 atom stereocenters. The number of carbonyl (C=O) groups is 2. The van der Waals surface area contributed by atoms with Gasteiger partial charge in [-0.05, 0) is 112 Å². The number of aliphatic hydroxyl groups excluding tert-OH is 3. The Labute approximate surface area is 386 Å². The lowest BCUT2D eigenvalue weighted by Crippen LogP contribution is -2.60. The second-order valence-electron chi connectivity index (χ2n) is 20.2. The van der Waals surface area contributed by atoms with Gasteiger partial charge in [0.2, 0.25) is 5.91 Å². The van der Waals surface area contributed by atoms with Crippen molar-refractivity contribution in [3.8, 4) is 0 Å². The first-order valence-corrected chi connectivity index (χ1v) is 23.5. The molecule has 3 fully saturated rings. The maximum Gasteiger partial charge on any atom is 0.311 e. The summed E-state index contributed by atoms with van der Waals surface area (Å²) < 4.78 is 51.4. The number of cyclic esters (lactones) is 1. The molecule has 6 N–H and O–H groups in total. The SMILES string of the molecule is CCC1OC(=O)[C@H](C)[C@@H](O[C@H]2C[C@@](C)(OC)[C@@H](O)[C@H](C)O2)[C@H](C)[C@@H](O[C@H]2O[C@@H](C)C[C@@H](N(C)C)[C@@H]2O)[C@](C)(O)C[C@@H](C)CN(CCCNC(=O)Cc2ccc(F)cc2)[C@H](C)[C@@H](O)[C@]1(C)O. The number of amides is 1.